The van der Waals surface area contributed by atoms with Crippen molar-refractivity contribution in [2.75, 3.05) is 0 Å². The third kappa shape index (κ3) is 2.63. The van der Waals surface area contributed by atoms with E-state index in [4.69, 9.17) is 0 Å². The minimum Gasteiger partial charge on any atom is -0.230 e. The zero-order valence-electron chi connectivity index (χ0n) is 9.19. The number of aryl methyl sites for hydroxylation is 2. The maximum Gasteiger partial charge on any atom is 0.192 e. The normalized spacial score (nSPS) is 13.7. The molecule has 4 heteroatoms. The smallest absolute Gasteiger partial charge is 0.192 e. The number of rotatable bonds is 2. The molecule has 0 N–H and O–H groups in total. The van der Waals surface area contributed by atoms with Crippen LogP contribution in [0.4, 0.5) is 0 Å². The van der Waals surface area contributed by atoms with Gasteiger partial charge in [0.1, 0.15) is 0 Å². The molecule has 1 heterocycles. The molecule has 3 rings (SSSR count). The Balaban J connectivity index is 1.83. The standard InChI is InChI=1S/C13H11IN2S/c14-11-7-15-13(16-8-11)17-12-5-4-9-2-1-3-10(9)6-12/h4-8H,1-3H2. The first-order valence-corrected chi connectivity index (χ1v) is 7.48. The zero-order valence-corrected chi connectivity index (χ0v) is 12.2. The van der Waals surface area contributed by atoms with Gasteiger partial charge in [-0.2, -0.15) is 0 Å². The molecule has 1 aromatic carbocycles. The Morgan fingerprint density at radius 1 is 1.06 bits per heavy atom. The Labute approximate surface area is 118 Å². The van der Waals surface area contributed by atoms with Gasteiger partial charge in [0.15, 0.2) is 5.16 Å². The Morgan fingerprint density at radius 3 is 2.65 bits per heavy atom. The highest BCUT2D eigenvalue weighted by Crippen LogP contribution is 2.30. The molecule has 1 aromatic heterocycles. The van der Waals surface area contributed by atoms with E-state index in [1.54, 1.807) is 11.8 Å². The summed E-state index contributed by atoms with van der Waals surface area (Å²) in [5, 5.41) is 0.823. The molecule has 2 nitrogen and oxygen atoms in total. The van der Waals surface area contributed by atoms with Crippen LogP contribution in [0.15, 0.2) is 40.6 Å². The molecule has 86 valence electrons. The van der Waals surface area contributed by atoms with Crippen molar-refractivity contribution in [2.45, 2.75) is 29.3 Å². The zero-order chi connectivity index (χ0) is 11.7. The van der Waals surface area contributed by atoms with Gasteiger partial charge in [0, 0.05) is 20.9 Å². The molecule has 0 atom stereocenters. The van der Waals surface area contributed by atoms with Crippen LogP contribution in [0.5, 0.6) is 0 Å². The van der Waals surface area contributed by atoms with E-state index in [-0.39, 0.29) is 0 Å². The van der Waals surface area contributed by atoms with Crippen molar-refractivity contribution >= 4 is 34.4 Å². The maximum absolute atomic E-state index is 4.31. The highest BCUT2D eigenvalue weighted by atomic mass is 127. The van der Waals surface area contributed by atoms with Crippen LogP contribution in [0.25, 0.3) is 0 Å². The number of halogens is 1. The molecule has 0 saturated carbocycles. The van der Waals surface area contributed by atoms with Gasteiger partial charge in [-0.1, -0.05) is 6.07 Å². The molecule has 0 spiro atoms. The van der Waals surface area contributed by atoms with Crippen LogP contribution in [0.3, 0.4) is 0 Å². The van der Waals surface area contributed by atoms with Gasteiger partial charge in [-0.15, -0.1) is 0 Å². The van der Waals surface area contributed by atoms with E-state index < -0.39 is 0 Å². The summed E-state index contributed by atoms with van der Waals surface area (Å²) in [7, 11) is 0. The average Bonchev–Trinajstić information content (AvgIpc) is 2.79. The lowest BCUT2D eigenvalue weighted by Gasteiger charge is -2.03. The van der Waals surface area contributed by atoms with Crippen LogP contribution in [0.2, 0.25) is 0 Å². The SMILES string of the molecule is Ic1cnc(Sc2ccc3c(c2)CCC3)nc1. The van der Waals surface area contributed by atoms with Crippen LogP contribution < -0.4 is 0 Å². The van der Waals surface area contributed by atoms with Gasteiger partial charge in [-0.05, 0) is 76.9 Å². The highest BCUT2D eigenvalue weighted by Gasteiger charge is 2.11. The molecule has 0 bridgehead atoms. The van der Waals surface area contributed by atoms with Crippen molar-refractivity contribution in [1.29, 1.82) is 0 Å². The number of fused-ring (bicyclic) bond motifs is 1. The summed E-state index contributed by atoms with van der Waals surface area (Å²) >= 11 is 3.85. The summed E-state index contributed by atoms with van der Waals surface area (Å²) < 4.78 is 1.07. The first-order chi connectivity index (χ1) is 8.31. The molecule has 0 unspecified atom stereocenters. The minimum atomic E-state index is 0.823. The summed E-state index contributed by atoms with van der Waals surface area (Å²) in [5.74, 6) is 0. The monoisotopic (exact) mass is 354 g/mol. The number of nitrogens with zero attached hydrogens (tertiary/aromatic N) is 2. The average molecular weight is 354 g/mol. The Hall–Kier alpha value is -0.620. The van der Waals surface area contributed by atoms with Crippen molar-refractivity contribution in [2.24, 2.45) is 0 Å². The molecule has 0 amide bonds. The van der Waals surface area contributed by atoms with Gasteiger partial charge in [0.25, 0.3) is 0 Å². The van der Waals surface area contributed by atoms with Gasteiger partial charge >= 0.3 is 0 Å². The topological polar surface area (TPSA) is 25.8 Å². The largest absolute Gasteiger partial charge is 0.230 e. The van der Waals surface area contributed by atoms with Crippen LogP contribution in [0.1, 0.15) is 17.5 Å². The van der Waals surface area contributed by atoms with Crippen molar-refractivity contribution < 1.29 is 0 Å². The molecule has 1 aliphatic carbocycles. The fourth-order valence-corrected chi connectivity index (χ4v) is 3.11. The summed E-state index contributed by atoms with van der Waals surface area (Å²) in [5.41, 5.74) is 3.01. The van der Waals surface area contributed by atoms with Gasteiger partial charge < -0.3 is 0 Å². The molecule has 0 saturated heterocycles. The van der Waals surface area contributed by atoms with Crippen LogP contribution in [-0.4, -0.2) is 9.97 Å². The Bertz CT molecular complexity index is 540. The predicted octanol–water partition coefficient (Wildman–Crippen LogP) is 3.72. The van der Waals surface area contributed by atoms with E-state index in [0.717, 1.165) is 8.73 Å². The summed E-state index contributed by atoms with van der Waals surface area (Å²) in [6.07, 6.45) is 7.45. The van der Waals surface area contributed by atoms with Gasteiger partial charge in [0.2, 0.25) is 0 Å². The summed E-state index contributed by atoms with van der Waals surface area (Å²) in [6.45, 7) is 0. The predicted molar refractivity (Wildman–Crippen MR) is 77.3 cm³/mol. The fraction of sp³-hybridized carbons (Fsp3) is 0.231. The molecule has 0 fully saturated rings. The molecular formula is C13H11IN2S. The highest BCUT2D eigenvalue weighted by molar-refractivity contribution is 14.1. The molecular weight excluding hydrogens is 343 g/mol. The summed E-state index contributed by atoms with van der Waals surface area (Å²) in [6, 6.07) is 6.71. The van der Waals surface area contributed by atoms with Crippen molar-refractivity contribution in [3.63, 3.8) is 0 Å². The van der Waals surface area contributed by atoms with E-state index in [2.05, 4.69) is 50.8 Å². The molecule has 0 aliphatic heterocycles. The second-order valence-corrected chi connectivity index (χ2v) is 6.36. The van der Waals surface area contributed by atoms with E-state index in [1.165, 1.54) is 35.3 Å². The lowest BCUT2D eigenvalue weighted by molar-refractivity contribution is 0.911. The van der Waals surface area contributed by atoms with Crippen LogP contribution >= 0.6 is 34.4 Å². The van der Waals surface area contributed by atoms with Crippen LogP contribution in [0, 0.1) is 3.57 Å². The first-order valence-electron chi connectivity index (χ1n) is 5.58. The fourth-order valence-electron chi connectivity index (χ4n) is 2.07. The van der Waals surface area contributed by atoms with Gasteiger partial charge in [-0.3, -0.25) is 0 Å². The molecule has 2 aromatic rings. The Morgan fingerprint density at radius 2 is 1.82 bits per heavy atom. The number of hydrogen-bond acceptors (Lipinski definition) is 3. The maximum atomic E-state index is 4.31. The quantitative estimate of drug-likeness (QED) is 0.607. The Kier molecular flexibility index (Phi) is 3.33. The van der Waals surface area contributed by atoms with Gasteiger partial charge in [0.05, 0.1) is 0 Å². The summed E-state index contributed by atoms with van der Waals surface area (Å²) in [4.78, 5) is 9.87. The van der Waals surface area contributed by atoms with Gasteiger partial charge in [-0.25, -0.2) is 9.97 Å². The van der Waals surface area contributed by atoms with E-state index in [1.807, 2.05) is 12.4 Å². The second kappa shape index (κ2) is 4.94. The first kappa shape index (κ1) is 11.5. The van der Waals surface area contributed by atoms with E-state index in [9.17, 15) is 0 Å². The van der Waals surface area contributed by atoms with E-state index in [0.29, 0.717) is 0 Å². The lowest BCUT2D eigenvalue weighted by Crippen LogP contribution is -1.87. The number of hydrogen-bond donors (Lipinski definition) is 0. The van der Waals surface area contributed by atoms with Crippen molar-refractivity contribution in [3.8, 4) is 0 Å². The lowest BCUT2D eigenvalue weighted by atomic mass is 10.1. The van der Waals surface area contributed by atoms with Crippen molar-refractivity contribution in [3.05, 3.63) is 45.3 Å². The molecule has 1 aliphatic rings. The van der Waals surface area contributed by atoms with Crippen LogP contribution in [-0.2, 0) is 12.8 Å². The number of benzene rings is 1. The van der Waals surface area contributed by atoms with Crippen molar-refractivity contribution in [1.82, 2.24) is 9.97 Å². The van der Waals surface area contributed by atoms with E-state index >= 15 is 0 Å². The third-order valence-corrected chi connectivity index (χ3v) is 4.32. The number of aromatic nitrogens is 2. The minimum absolute atomic E-state index is 0.823. The third-order valence-electron chi connectivity index (χ3n) is 2.88. The molecule has 17 heavy (non-hydrogen) atoms. The second-order valence-electron chi connectivity index (χ2n) is 4.07. The molecule has 0 radical (unpaired) electrons.